The van der Waals surface area contributed by atoms with Gasteiger partial charge in [0.25, 0.3) is 0 Å². The molecule has 14 N–H and O–H groups in total. The van der Waals surface area contributed by atoms with Crippen molar-refractivity contribution in [1.82, 2.24) is 16.0 Å². The van der Waals surface area contributed by atoms with Gasteiger partial charge in [-0.15, -0.1) is 0 Å². The highest BCUT2D eigenvalue weighted by Gasteiger charge is 2.31. The molecule has 0 radical (unpaired) electrons. The first kappa shape index (κ1) is 32.5. The molecule has 208 valence electrons. The van der Waals surface area contributed by atoms with E-state index in [1.807, 2.05) is 0 Å². The van der Waals surface area contributed by atoms with E-state index in [1.165, 1.54) is 0 Å². The van der Waals surface area contributed by atoms with E-state index in [4.69, 9.17) is 33.1 Å². The summed E-state index contributed by atoms with van der Waals surface area (Å²) in [5, 5.41) is 33.3. The summed E-state index contributed by atoms with van der Waals surface area (Å²) in [5.41, 5.74) is 21.0. The van der Waals surface area contributed by atoms with E-state index >= 15 is 0 Å². The first-order chi connectivity index (χ1) is 17.1. The van der Waals surface area contributed by atoms with Crippen LogP contribution in [0.5, 0.6) is 0 Å². The highest BCUT2D eigenvalue weighted by Crippen LogP contribution is 2.05. The van der Waals surface area contributed by atoms with E-state index in [9.17, 15) is 38.7 Å². The third-order valence-electron chi connectivity index (χ3n) is 4.61. The summed E-state index contributed by atoms with van der Waals surface area (Å²) in [6.07, 6.45) is -2.57. The number of hydrogen-bond acceptors (Lipinski definition) is 9. The quantitative estimate of drug-likeness (QED) is 0.0450. The molecule has 4 amide bonds. The van der Waals surface area contributed by atoms with Crippen molar-refractivity contribution in [3.8, 4) is 0 Å². The number of nitrogens with one attached hydrogen (secondary N) is 3. The number of rotatable bonds is 18. The Hall–Kier alpha value is -4.48. The molecule has 18 nitrogen and oxygen atoms in total. The molecule has 4 atom stereocenters. The minimum Gasteiger partial charge on any atom is -0.481 e. The Balaban J connectivity index is 5.69. The molecular formula is C19H32N8O10. The maximum Gasteiger partial charge on any atom is 0.326 e. The average molecular weight is 533 g/mol. The van der Waals surface area contributed by atoms with Gasteiger partial charge in [-0.3, -0.25) is 33.8 Å². The standard InChI is InChI=1S/C19H32N8O10/c20-8(6-14(31)32)15(33)27-11(7-12(21)28)17(35)25-9(2-1-5-24-19(22)23)16(34)26-10(18(36)37)3-4-13(29)30/h8-11H,1-7,20H2,(H2,21,28)(H,25,35)(H,26,34)(H,27,33)(H,29,30)(H,31,32)(H,36,37)(H4,22,23,24). The van der Waals surface area contributed by atoms with Crippen LogP contribution in [-0.4, -0.2) is 93.5 Å². The van der Waals surface area contributed by atoms with Crippen molar-refractivity contribution in [2.75, 3.05) is 6.54 Å². The van der Waals surface area contributed by atoms with Gasteiger partial charge in [0.15, 0.2) is 5.96 Å². The fourth-order valence-electron chi connectivity index (χ4n) is 2.81. The number of nitrogens with zero attached hydrogens (tertiary/aromatic N) is 1. The molecule has 37 heavy (non-hydrogen) atoms. The van der Waals surface area contributed by atoms with Crippen LogP contribution in [0.15, 0.2) is 4.99 Å². The number of carboxylic acids is 3. The fraction of sp³-hybridized carbons (Fsp3) is 0.579. The van der Waals surface area contributed by atoms with Crippen molar-refractivity contribution in [1.29, 1.82) is 0 Å². The normalized spacial score (nSPS) is 13.6. The van der Waals surface area contributed by atoms with Gasteiger partial charge in [-0.2, -0.15) is 0 Å². The predicted molar refractivity (Wildman–Crippen MR) is 124 cm³/mol. The Morgan fingerprint density at radius 2 is 1.24 bits per heavy atom. The summed E-state index contributed by atoms with van der Waals surface area (Å²) in [7, 11) is 0. The maximum absolute atomic E-state index is 12.8. The molecule has 0 aromatic carbocycles. The number of carbonyl (C=O) groups is 7. The van der Waals surface area contributed by atoms with E-state index < -0.39 is 91.4 Å². The number of hydrogen-bond donors (Lipinski definition) is 10. The van der Waals surface area contributed by atoms with Gasteiger partial charge in [0.2, 0.25) is 23.6 Å². The number of guanidine groups is 1. The first-order valence-corrected chi connectivity index (χ1v) is 10.8. The van der Waals surface area contributed by atoms with Crippen molar-refractivity contribution in [3.05, 3.63) is 0 Å². The highest BCUT2D eigenvalue weighted by molar-refractivity contribution is 5.96. The van der Waals surface area contributed by atoms with Crippen LogP contribution in [0.2, 0.25) is 0 Å². The van der Waals surface area contributed by atoms with E-state index in [0.29, 0.717) is 0 Å². The zero-order valence-electron chi connectivity index (χ0n) is 19.7. The lowest BCUT2D eigenvalue weighted by atomic mass is 10.1. The van der Waals surface area contributed by atoms with Crippen LogP contribution in [0.1, 0.15) is 38.5 Å². The first-order valence-electron chi connectivity index (χ1n) is 10.8. The minimum absolute atomic E-state index is 0.0227. The van der Waals surface area contributed by atoms with Crippen molar-refractivity contribution in [3.63, 3.8) is 0 Å². The second-order valence-corrected chi connectivity index (χ2v) is 7.78. The molecule has 0 spiro atoms. The third kappa shape index (κ3) is 14.5. The zero-order chi connectivity index (χ0) is 28.7. The lowest BCUT2D eigenvalue weighted by Gasteiger charge is -2.24. The monoisotopic (exact) mass is 532 g/mol. The molecule has 0 heterocycles. The Kier molecular flexibility index (Phi) is 14.3. The zero-order valence-corrected chi connectivity index (χ0v) is 19.7. The van der Waals surface area contributed by atoms with Gasteiger partial charge < -0.3 is 54.2 Å². The van der Waals surface area contributed by atoms with Crippen LogP contribution >= 0.6 is 0 Å². The fourth-order valence-corrected chi connectivity index (χ4v) is 2.81. The molecule has 0 rings (SSSR count). The maximum atomic E-state index is 12.8. The Labute approximate surface area is 210 Å². The van der Waals surface area contributed by atoms with Gasteiger partial charge in [0.05, 0.1) is 18.9 Å². The third-order valence-corrected chi connectivity index (χ3v) is 4.61. The summed E-state index contributed by atoms with van der Waals surface area (Å²) < 4.78 is 0. The summed E-state index contributed by atoms with van der Waals surface area (Å²) in [5.74, 6) is -8.67. The van der Waals surface area contributed by atoms with Crippen LogP contribution in [0.25, 0.3) is 0 Å². The highest BCUT2D eigenvalue weighted by atomic mass is 16.4. The molecule has 0 aromatic rings. The molecule has 0 saturated carbocycles. The smallest absolute Gasteiger partial charge is 0.326 e. The molecule has 0 fully saturated rings. The molecule has 0 aromatic heterocycles. The molecule has 18 heteroatoms. The summed E-state index contributed by atoms with van der Waals surface area (Å²) >= 11 is 0. The number of carbonyl (C=O) groups excluding carboxylic acids is 4. The van der Waals surface area contributed by atoms with E-state index in [-0.39, 0.29) is 25.3 Å². The summed E-state index contributed by atoms with van der Waals surface area (Å²) in [4.78, 5) is 85.8. The van der Waals surface area contributed by atoms with E-state index in [0.717, 1.165) is 0 Å². The number of carboxylic acid groups (broad SMARTS) is 3. The molecular weight excluding hydrogens is 500 g/mol. The molecule has 0 saturated heterocycles. The van der Waals surface area contributed by atoms with Crippen LogP contribution in [0.3, 0.4) is 0 Å². The van der Waals surface area contributed by atoms with Crippen LogP contribution in [-0.2, 0) is 33.6 Å². The van der Waals surface area contributed by atoms with E-state index in [2.05, 4.69) is 20.9 Å². The van der Waals surface area contributed by atoms with Crippen molar-refractivity contribution >= 4 is 47.5 Å². The molecule has 0 aliphatic rings. The topological polar surface area (TPSA) is 333 Å². The second kappa shape index (κ2) is 16.2. The van der Waals surface area contributed by atoms with Crippen LogP contribution in [0.4, 0.5) is 0 Å². The number of aliphatic imine (C=N–C) groups is 1. The predicted octanol–water partition coefficient (Wildman–Crippen LogP) is -4.88. The lowest BCUT2D eigenvalue weighted by molar-refractivity contribution is -0.143. The molecule has 0 aliphatic heterocycles. The van der Waals surface area contributed by atoms with Crippen LogP contribution < -0.4 is 38.9 Å². The van der Waals surface area contributed by atoms with Gasteiger partial charge >= 0.3 is 17.9 Å². The SMILES string of the molecule is NC(=O)CC(NC(=O)C(N)CC(=O)O)C(=O)NC(CCCN=C(N)N)C(=O)NC(CCC(=O)O)C(=O)O. The Morgan fingerprint density at radius 1 is 0.703 bits per heavy atom. The van der Waals surface area contributed by atoms with Crippen molar-refractivity contribution < 1.29 is 48.9 Å². The van der Waals surface area contributed by atoms with Gasteiger partial charge in [-0.25, -0.2) is 4.79 Å². The van der Waals surface area contributed by atoms with Gasteiger partial charge in [0, 0.05) is 13.0 Å². The number of primary amides is 1. The average Bonchev–Trinajstić information content (AvgIpc) is 2.76. The molecule has 0 bridgehead atoms. The summed E-state index contributed by atoms with van der Waals surface area (Å²) in [6, 6.07) is -6.26. The van der Waals surface area contributed by atoms with Gasteiger partial charge in [0.1, 0.15) is 18.1 Å². The number of nitrogens with two attached hydrogens (primary N) is 4. The molecule has 0 aliphatic carbocycles. The summed E-state index contributed by atoms with van der Waals surface area (Å²) in [6.45, 7) is 0.0227. The van der Waals surface area contributed by atoms with E-state index in [1.54, 1.807) is 0 Å². The lowest BCUT2D eigenvalue weighted by Crippen LogP contribution is -2.57. The molecule has 4 unspecified atom stereocenters. The van der Waals surface area contributed by atoms with Crippen molar-refractivity contribution in [2.45, 2.75) is 62.7 Å². The van der Waals surface area contributed by atoms with Gasteiger partial charge in [-0.1, -0.05) is 0 Å². The Bertz CT molecular complexity index is 905. The largest absolute Gasteiger partial charge is 0.481 e. The Morgan fingerprint density at radius 3 is 1.73 bits per heavy atom. The van der Waals surface area contributed by atoms with Crippen molar-refractivity contribution in [2.24, 2.45) is 27.9 Å². The van der Waals surface area contributed by atoms with Gasteiger partial charge in [-0.05, 0) is 19.3 Å². The second-order valence-electron chi connectivity index (χ2n) is 7.78. The minimum atomic E-state index is -1.65. The number of amides is 4. The number of aliphatic carboxylic acids is 3. The van der Waals surface area contributed by atoms with Crippen LogP contribution in [0, 0.1) is 0 Å².